The van der Waals surface area contributed by atoms with Crippen LogP contribution in [-0.2, 0) is 14.8 Å². The van der Waals surface area contributed by atoms with Crippen LogP contribution >= 0.6 is 0 Å². The largest absolute Gasteiger partial charge is 0.443 e. The van der Waals surface area contributed by atoms with Crippen molar-refractivity contribution in [2.45, 2.75) is 17.9 Å². The maximum atomic E-state index is 13.4. The highest BCUT2D eigenvalue weighted by Gasteiger charge is 2.35. The summed E-state index contributed by atoms with van der Waals surface area (Å²) in [5.74, 6) is 0.986. The van der Waals surface area contributed by atoms with E-state index in [1.165, 1.54) is 0 Å². The number of sulfonamides is 1. The van der Waals surface area contributed by atoms with Gasteiger partial charge in [0.25, 0.3) is 0 Å². The van der Waals surface area contributed by atoms with Crippen LogP contribution in [-0.4, -0.2) is 79.2 Å². The predicted molar refractivity (Wildman–Crippen MR) is 141 cm³/mol. The standard InChI is InChI=1S/C27H27N5O5S/c1-19-28-26(29-37-19)21-9-11-22(12-10-21)32-18-23(36-27(32)33)17-30-13-15-31(16-14-30)38(34,35)25-8-4-6-20-5-2-3-7-24(20)25/h2-12,23H,13-18H2,1H3. The minimum absolute atomic E-state index is 0.303. The number of rotatable bonds is 6. The third-order valence-electron chi connectivity index (χ3n) is 7.00. The molecule has 3 heterocycles. The van der Waals surface area contributed by atoms with E-state index in [0.29, 0.717) is 55.9 Å². The van der Waals surface area contributed by atoms with Crippen molar-refractivity contribution in [3.8, 4) is 11.4 Å². The molecule has 0 aliphatic carbocycles. The van der Waals surface area contributed by atoms with Crippen LogP contribution in [0.4, 0.5) is 10.5 Å². The number of carbonyl (C=O) groups excluding carboxylic acids is 1. The van der Waals surface area contributed by atoms with Crippen LogP contribution in [0.1, 0.15) is 5.89 Å². The zero-order valence-electron chi connectivity index (χ0n) is 20.9. The Labute approximate surface area is 220 Å². The zero-order chi connectivity index (χ0) is 26.3. The maximum absolute atomic E-state index is 13.4. The molecule has 1 amide bonds. The van der Waals surface area contributed by atoms with Gasteiger partial charge >= 0.3 is 6.09 Å². The molecule has 1 unspecified atom stereocenters. The van der Waals surface area contributed by atoms with E-state index in [1.807, 2.05) is 54.6 Å². The second-order valence-electron chi connectivity index (χ2n) is 9.48. The van der Waals surface area contributed by atoms with Gasteiger partial charge in [-0.05, 0) is 35.7 Å². The van der Waals surface area contributed by atoms with Crippen molar-refractivity contribution in [2.24, 2.45) is 0 Å². The van der Waals surface area contributed by atoms with Gasteiger partial charge in [-0.2, -0.15) is 9.29 Å². The van der Waals surface area contributed by atoms with Crippen molar-refractivity contribution < 1.29 is 22.5 Å². The van der Waals surface area contributed by atoms with E-state index >= 15 is 0 Å². The third-order valence-corrected chi connectivity index (χ3v) is 8.96. The van der Waals surface area contributed by atoms with E-state index in [0.717, 1.165) is 22.0 Å². The lowest BCUT2D eigenvalue weighted by Crippen LogP contribution is -2.50. The van der Waals surface area contributed by atoms with Crippen LogP contribution < -0.4 is 4.90 Å². The van der Waals surface area contributed by atoms with E-state index in [2.05, 4.69) is 15.0 Å². The Morgan fingerprint density at radius 2 is 1.68 bits per heavy atom. The summed E-state index contributed by atoms with van der Waals surface area (Å²) in [5, 5.41) is 5.55. The van der Waals surface area contributed by atoms with E-state index in [-0.39, 0.29) is 6.10 Å². The molecular weight excluding hydrogens is 506 g/mol. The Morgan fingerprint density at radius 1 is 0.947 bits per heavy atom. The van der Waals surface area contributed by atoms with Crippen molar-refractivity contribution >= 4 is 32.6 Å². The molecule has 1 atom stereocenters. The number of aromatic nitrogens is 2. The fourth-order valence-corrected chi connectivity index (χ4v) is 6.67. The molecule has 4 aromatic rings. The summed E-state index contributed by atoms with van der Waals surface area (Å²) in [7, 11) is -3.62. The number of amides is 1. The van der Waals surface area contributed by atoms with Gasteiger partial charge in [0, 0.05) is 56.3 Å². The molecule has 0 bridgehead atoms. The van der Waals surface area contributed by atoms with Crippen molar-refractivity contribution in [3.63, 3.8) is 0 Å². The van der Waals surface area contributed by atoms with Crippen LogP contribution in [0.3, 0.4) is 0 Å². The van der Waals surface area contributed by atoms with Gasteiger partial charge < -0.3 is 9.26 Å². The number of hydrogen-bond donors (Lipinski definition) is 0. The fraction of sp³-hybridized carbons (Fsp3) is 0.296. The molecule has 2 aliphatic heterocycles. The van der Waals surface area contributed by atoms with Crippen molar-refractivity contribution in [1.82, 2.24) is 19.3 Å². The monoisotopic (exact) mass is 533 g/mol. The first-order valence-electron chi connectivity index (χ1n) is 12.5. The van der Waals surface area contributed by atoms with Gasteiger partial charge in [0.2, 0.25) is 21.7 Å². The highest BCUT2D eigenvalue weighted by atomic mass is 32.2. The topological polar surface area (TPSA) is 109 Å². The lowest BCUT2D eigenvalue weighted by Gasteiger charge is -2.34. The second-order valence-corrected chi connectivity index (χ2v) is 11.4. The number of carbonyl (C=O) groups is 1. The van der Waals surface area contributed by atoms with Gasteiger partial charge in [0.1, 0.15) is 6.10 Å². The predicted octanol–water partition coefficient (Wildman–Crippen LogP) is 3.53. The Kier molecular flexibility index (Phi) is 6.34. The molecule has 0 saturated carbocycles. The minimum atomic E-state index is -3.62. The molecule has 2 saturated heterocycles. The third kappa shape index (κ3) is 4.64. The molecule has 10 nitrogen and oxygen atoms in total. The fourth-order valence-electron chi connectivity index (χ4n) is 5.03. The first-order chi connectivity index (χ1) is 18.4. The van der Waals surface area contributed by atoms with Gasteiger partial charge in [-0.15, -0.1) is 0 Å². The number of fused-ring (bicyclic) bond motifs is 1. The molecule has 1 aromatic heterocycles. The smallest absolute Gasteiger partial charge is 0.414 e. The summed E-state index contributed by atoms with van der Waals surface area (Å²) in [6.45, 7) is 4.60. The Morgan fingerprint density at radius 3 is 2.42 bits per heavy atom. The van der Waals surface area contributed by atoms with Gasteiger partial charge in [-0.1, -0.05) is 41.6 Å². The summed E-state index contributed by atoms with van der Waals surface area (Å²) in [4.78, 5) is 20.9. The summed E-state index contributed by atoms with van der Waals surface area (Å²) >= 11 is 0. The van der Waals surface area contributed by atoms with Crippen LogP contribution in [0.25, 0.3) is 22.2 Å². The number of cyclic esters (lactones) is 1. The van der Waals surface area contributed by atoms with Crippen molar-refractivity contribution in [2.75, 3.05) is 44.2 Å². The molecule has 0 N–H and O–H groups in total. The van der Waals surface area contributed by atoms with Crippen molar-refractivity contribution in [3.05, 3.63) is 72.6 Å². The lowest BCUT2D eigenvalue weighted by molar-refractivity contribution is 0.0937. The maximum Gasteiger partial charge on any atom is 0.414 e. The average molecular weight is 534 g/mol. The highest BCUT2D eigenvalue weighted by molar-refractivity contribution is 7.89. The summed E-state index contributed by atoms with van der Waals surface area (Å²) in [6.07, 6.45) is -0.696. The van der Waals surface area contributed by atoms with Crippen LogP contribution in [0.15, 0.2) is 76.1 Å². The molecule has 3 aromatic carbocycles. The molecule has 2 aliphatic rings. The SMILES string of the molecule is Cc1nc(-c2ccc(N3CC(CN4CCN(S(=O)(=O)c5cccc6ccccc56)CC4)OC3=O)cc2)no1. The number of nitrogens with zero attached hydrogens (tertiary/aromatic N) is 5. The molecule has 38 heavy (non-hydrogen) atoms. The average Bonchev–Trinajstić information content (AvgIpc) is 3.53. The molecule has 0 radical (unpaired) electrons. The van der Waals surface area contributed by atoms with Gasteiger partial charge in [0.05, 0.1) is 11.4 Å². The summed E-state index contributed by atoms with van der Waals surface area (Å²) in [5.41, 5.74) is 1.53. The Balaban J connectivity index is 1.07. The van der Waals surface area contributed by atoms with Gasteiger partial charge in [-0.3, -0.25) is 9.80 Å². The molecule has 196 valence electrons. The van der Waals surface area contributed by atoms with Crippen LogP contribution in [0, 0.1) is 6.92 Å². The number of ether oxygens (including phenoxy) is 1. The molecule has 11 heteroatoms. The normalized spacial score (nSPS) is 19.2. The van der Waals surface area contributed by atoms with Gasteiger partial charge in [0.15, 0.2) is 0 Å². The quantitative estimate of drug-likeness (QED) is 0.370. The van der Waals surface area contributed by atoms with Crippen molar-refractivity contribution in [1.29, 1.82) is 0 Å². The Bertz CT molecular complexity index is 1570. The number of benzene rings is 3. The molecule has 6 rings (SSSR count). The second kappa shape index (κ2) is 9.82. The van der Waals surface area contributed by atoms with Gasteiger partial charge in [-0.25, -0.2) is 13.2 Å². The first kappa shape index (κ1) is 24.5. The lowest BCUT2D eigenvalue weighted by atomic mass is 10.1. The van der Waals surface area contributed by atoms with E-state index < -0.39 is 16.1 Å². The van der Waals surface area contributed by atoms with E-state index in [1.54, 1.807) is 28.3 Å². The van der Waals surface area contributed by atoms with Crippen LogP contribution in [0.2, 0.25) is 0 Å². The Hall–Kier alpha value is -3.80. The molecular formula is C27H27N5O5S. The first-order valence-corrected chi connectivity index (χ1v) is 13.9. The number of aryl methyl sites for hydroxylation is 1. The van der Waals surface area contributed by atoms with E-state index in [4.69, 9.17) is 9.26 Å². The summed E-state index contributed by atoms with van der Waals surface area (Å²) < 4.78 is 39.1. The number of piperazine rings is 1. The van der Waals surface area contributed by atoms with E-state index in [9.17, 15) is 13.2 Å². The number of hydrogen-bond acceptors (Lipinski definition) is 8. The van der Waals surface area contributed by atoms with Crippen LogP contribution in [0.5, 0.6) is 0 Å². The summed E-state index contributed by atoms with van der Waals surface area (Å²) in [6, 6.07) is 20.3. The zero-order valence-corrected chi connectivity index (χ0v) is 21.7. The highest BCUT2D eigenvalue weighted by Crippen LogP contribution is 2.28. The number of anilines is 1. The molecule has 2 fully saturated rings. The minimum Gasteiger partial charge on any atom is -0.443 e. The molecule has 0 spiro atoms.